The molecule has 3 rings (SSSR count). The summed E-state index contributed by atoms with van der Waals surface area (Å²) >= 11 is 13.0. The zero-order valence-corrected chi connectivity index (χ0v) is 21.7. The first kappa shape index (κ1) is 26.5. The van der Waals surface area contributed by atoms with Crippen molar-refractivity contribution in [2.75, 3.05) is 11.6 Å². The number of aromatic nitrogens is 1. The van der Waals surface area contributed by atoms with Crippen LogP contribution >= 0.6 is 23.2 Å². The van der Waals surface area contributed by atoms with Crippen molar-refractivity contribution in [1.29, 1.82) is 0 Å². The van der Waals surface area contributed by atoms with Crippen molar-refractivity contribution >= 4 is 50.4 Å². The minimum absolute atomic E-state index is 0.0948. The van der Waals surface area contributed by atoms with Crippen LogP contribution in [0.2, 0.25) is 10.0 Å². The summed E-state index contributed by atoms with van der Waals surface area (Å²) in [6, 6.07) is 11.2. The SMILES string of the molecule is [C-]#[N+]c1cc(-c2c(Cl)cc(NC(=O)NCc3ccc(S(C)(=O)=O)cn3)cc2Cl)ccc1CC(C)C. The van der Waals surface area contributed by atoms with Gasteiger partial charge in [-0.05, 0) is 53.8 Å². The van der Waals surface area contributed by atoms with E-state index in [4.69, 9.17) is 29.8 Å². The van der Waals surface area contributed by atoms with Crippen LogP contribution in [0, 0.1) is 12.5 Å². The Labute approximate surface area is 215 Å². The van der Waals surface area contributed by atoms with Crippen molar-refractivity contribution in [1.82, 2.24) is 10.3 Å². The summed E-state index contributed by atoms with van der Waals surface area (Å²) in [5, 5.41) is 5.98. The number of rotatable bonds is 7. The molecular formula is C25H24Cl2N4O3S. The van der Waals surface area contributed by atoms with E-state index in [-0.39, 0.29) is 11.4 Å². The molecule has 0 saturated heterocycles. The Kier molecular flexibility index (Phi) is 8.39. The summed E-state index contributed by atoms with van der Waals surface area (Å²) in [6.45, 7) is 11.8. The first-order chi connectivity index (χ1) is 16.5. The standard InChI is InChI=1S/C25H24Cl2N4O3S/c1-15(2)9-16-5-6-17(10-23(16)28-3)24-21(26)11-19(12-22(24)27)31-25(32)30-13-18-7-8-20(14-29-18)35(4,33)34/h5-8,10-12,14-15H,9,13H2,1-2,4H3,(H2,30,31,32). The minimum atomic E-state index is -3.34. The lowest BCUT2D eigenvalue weighted by atomic mass is 9.97. The van der Waals surface area contributed by atoms with Crippen LogP contribution in [-0.4, -0.2) is 25.7 Å². The highest BCUT2D eigenvalue weighted by Crippen LogP contribution is 2.39. The van der Waals surface area contributed by atoms with E-state index in [9.17, 15) is 13.2 Å². The van der Waals surface area contributed by atoms with E-state index in [1.807, 2.05) is 12.1 Å². The highest BCUT2D eigenvalue weighted by atomic mass is 35.5. The smallest absolute Gasteiger partial charge is 0.319 e. The Balaban J connectivity index is 1.72. The van der Waals surface area contributed by atoms with E-state index >= 15 is 0 Å². The Morgan fingerprint density at radius 1 is 1.11 bits per heavy atom. The maximum absolute atomic E-state index is 12.3. The van der Waals surface area contributed by atoms with E-state index in [0.717, 1.165) is 23.8 Å². The molecule has 1 heterocycles. The Morgan fingerprint density at radius 2 is 1.80 bits per heavy atom. The zero-order valence-electron chi connectivity index (χ0n) is 19.4. The van der Waals surface area contributed by atoms with Gasteiger partial charge in [0.1, 0.15) is 0 Å². The van der Waals surface area contributed by atoms with Gasteiger partial charge in [-0.15, -0.1) is 0 Å². The van der Waals surface area contributed by atoms with Crippen LogP contribution in [0.1, 0.15) is 25.1 Å². The molecule has 0 radical (unpaired) electrons. The Bertz CT molecular complexity index is 1380. The van der Waals surface area contributed by atoms with Crippen LogP contribution in [0.4, 0.5) is 16.2 Å². The molecule has 0 spiro atoms. The number of sulfone groups is 1. The van der Waals surface area contributed by atoms with Gasteiger partial charge in [-0.25, -0.2) is 18.1 Å². The van der Waals surface area contributed by atoms with Crippen LogP contribution in [0.5, 0.6) is 0 Å². The number of hydrogen-bond acceptors (Lipinski definition) is 4. The fourth-order valence-electron chi connectivity index (χ4n) is 3.44. The molecule has 2 N–H and O–H groups in total. The van der Waals surface area contributed by atoms with E-state index in [2.05, 4.69) is 34.3 Å². The first-order valence-electron chi connectivity index (χ1n) is 10.7. The van der Waals surface area contributed by atoms with E-state index in [1.54, 1.807) is 18.2 Å². The van der Waals surface area contributed by atoms with Gasteiger partial charge in [0, 0.05) is 23.7 Å². The van der Waals surface area contributed by atoms with Gasteiger partial charge in [-0.3, -0.25) is 4.98 Å². The van der Waals surface area contributed by atoms with Gasteiger partial charge in [0.15, 0.2) is 15.5 Å². The molecule has 2 aromatic carbocycles. The van der Waals surface area contributed by atoms with Gasteiger partial charge in [-0.2, -0.15) is 0 Å². The summed E-state index contributed by atoms with van der Waals surface area (Å²) in [5.41, 5.74) is 3.72. The van der Waals surface area contributed by atoms with Crippen LogP contribution in [-0.2, 0) is 22.8 Å². The molecule has 0 aliphatic heterocycles. The number of carbonyl (C=O) groups excluding carboxylic acids is 1. The van der Waals surface area contributed by atoms with E-state index in [1.165, 1.54) is 18.3 Å². The number of nitrogens with one attached hydrogen (secondary N) is 2. The van der Waals surface area contributed by atoms with Crippen molar-refractivity contribution in [3.05, 3.63) is 81.4 Å². The molecule has 7 nitrogen and oxygen atoms in total. The van der Waals surface area contributed by atoms with Crippen molar-refractivity contribution in [3.8, 4) is 11.1 Å². The highest BCUT2D eigenvalue weighted by Gasteiger charge is 2.15. The monoisotopic (exact) mass is 530 g/mol. The number of urea groups is 1. The van der Waals surface area contributed by atoms with Crippen LogP contribution in [0.15, 0.2) is 53.6 Å². The molecule has 2 amide bonds. The average molecular weight is 531 g/mol. The highest BCUT2D eigenvalue weighted by molar-refractivity contribution is 7.90. The summed E-state index contributed by atoms with van der Waals surface area (Å²) in [5.74, 6) is 0.424. The second-order valence-corrected chi connectivity index (χ2v) is 11.3. The molecule has 0 unspecified atom stereocenters. The van der Waals surface area contributed by atoms with Gasteiger partial charge in [0.2, 0.25) is 0 Å². The number of amides is 2. The number of anilines is 1. The molecule has 0 atom stereocenters. The Hall–Kier alpha value is -3.12. The first-order valence-corrected chi connectivity index (χ1v) is 13.3. The largest absolute Gasteiger partial charge is 0.332 e. The number of pyridine rings is 1. The molecule has 10 heteroatoms. The second-order valence-electron chi connectivity index (χ2n) is 8.43. The maximum Gasteiger partial charge on any atom is 0.319 e. The predicted octanol–water partition coefficient (Wildman–Crippen LogP) is 6.53. The summed E-state index contributed by atoms with van der Waals surface area (Å²) in [7, 11) is -3.34. The normalized spacial score (nSPS) is 11.2. The quantitative estimate of drug-likeness (QED) is 0.339. The maximum atomic E-state index is 12.3. The summed E-state index contributed by atoms with van der Waals surface area (Å²) < 4.78 is 23.0. The minimum Gasteiger partial charge on any atom is -0.332 e. The lowest BCUT2D eigenvalue weighted by molar-refractivity contribution is 0.251. The number of benzene rings is 2. The number of hydrogen-bond donors (Lipinski definition) is 2. The summed E-state index contributed by atoms with van der Waals surface area (Å²) in [6.07, 6.45) is 3.15. The molecule has 0 aliphatic rings. The second kappa shape index (κ2) is 11.1. The predicted molar refractivity (Wildman–Crippen MR) is 140 cm³/mol. The molecule has 182 valence electrons. The van der Waals surface area contributed by atoms with Gasteiger partial charge < -0.3 is 10.6 Å². The molecule has 35 heavy (non-hydrogen) atoms. The van der Waals surface area contributed by atoms with Crippen LogP contribution in [0.3, 0.4) is 0 Å². The third-order valence-corrected chi connectivity index (χ3v) is 6.77. The third kappa shape index (κ3) is 6.95. The number of carbonyl (C=O) groups is 1. The third-order valence-electron chi connectivity index (χ3n) is 5.08. The average Bonchev–Trinajstić information content (AvgIpc) is 2.77. The summed E-state index contributed by atoms with van der Waals surface area (Å²) in [4.78, 5) is 20.1. The fraction of sp³-hybridized carbons (Fsp3) is 0.240. The van der Waals surface area contributed by atoms with Crippen molar-refractivity contribution < 1.29 is 13.2 Å². The zero-order chi connectivity index (χ0) is 25.8. The van der Waals surface area contributed by atoms with E-state index in [0.29, 0.717) is 38.6 Å². The molecule has 1 aromatic heterocycles. The fourth-order valence-corrected chi connectivity index (χ4v) is 4.70. The molecule has 0 saturated carbocycles. The van der Waals surface area contributed by atoms with Crippen LogP contribution < -0.4 is 10.6 Å². The van der Waals surface area contributed by atoms with Crippen molar-refractivity contribution in [3.63, 3.8) is 0 Å². The number of nitrogens with zero attached hydrogens (tertiary/aromatic N) is 2. The van der Waals surface area contributed by atoms with Crippen LogP contribution in [0.25, 0.3) is 16.0 Å². The van der Waals surface area contributed by atoms with Gasteiger partial charge in [-0.1, -0.05) is 49.2 Å². The Morgan fingerprint density at radius 3 is 2.34 bits per heavy atom. The van der Waals surface area contributed by atoms with Crippen molar-refractivity contribution in [2.24, 2.45) is 5.92 Å². The topological polar surface area (TPSA) is 92.5 Å². The van der Waals surface area contributed by atoms with Gasteiger partial charge in [0.05, 0.1) is 33.8 Å². The lowest BCUT2D eigenvalue weighted by Crippen LogP contribution is -2.28. The lowest BCUT2D eigenvalue weighted by Gasteiger charge is -2.14. The van der Waals surface area contributed by atoms with E-state index < -0.39 is 15.9 Å². The molecule has 0 bridgehead atoms. The number of halogens is 2. The molecule has 0 aliphatic carbocycles. The molecule has 0 fully saturated rings. The van der Waals surface area contributed by atoms with Crippen molar-refractivity contribution in [2.45, 2.75) is 31.7 Å². The molecule has 3 aromatic rings. The molecular weight excluding hydrogens is 507 g/mol. The van der Waals surface area contributed by atoms with Gasteiger partial charge >= 0.3 is 6.03 Å². The van der Waals surface area contributed by atoms with Gasteiger partial charge in [0.25, 0.3) is 0 Å².